The largest absolute Gasteiger partial charge is 0.380 e. The van der Waals surface area contributed by atoms with E-state index in [0.717, 1.165) is 5.56 Å². The van der Waals surface area contributed by atoms with Gasteiger partial charge in [-0.3, -0.25) is 0 Å². The van der Waals surface area contributed by atoms with Crippen molar-refractivity contribution in [3.63, 3.8) is 0 Å². The summed E-state index contributed by atoms with van der Waals surface area (Å²) in [7, 11) is -2.27. The molecule has 21 heavy (non-hydrogen) atoms. The van der Waals surface area contributed by atoms with Gasteiger partial charge in [0, 0.05) is 32.3 Å². The van der Waals surface area contributed by atoms with E-state index in [1.54, 1.807) is 19.1 Å². The lowest BCUT2D eigenvalue weighted by Crippen LogP contribution is -2.30. The molecule has 0 heterocycles. The van der Waals surface area contributed by atoms with Crippen LogP contribution < -0.4 is 4.18 Å². The van der Waals surface area contributed by atoms with Gasteiger partial charge in [-0.2, -0.15) is 17.2 Å². The number of benzene rings is 1. The van der Waals surface area contributed by atoms with Gasteiger partial charge in [0.15, 0.2) is 5.75 Å². The van der Waals surface area contributed by atoms with Crippen LogP contribution in [0.15, 0.2) is 12.1 Å². The van der Waals surface area contributed by atoms with E-state index < -0.39 is 15.4 Å². The van der Waals surface area contributed by atoms with Crippen LogP contribution >= 0.6 is 0 Å². The van der Waals surface area contributed by atoms with Gasteiger partial charge in [-0.1, -0.05) is 5.56 Å². The second kappa shape index (κ2) is 6.67. The maximum atomic E-state index is 13.1. The predicted octanol–water partition coefficient (Wildman–Crippen LogP) is 2.61. The van der Waals surface area contributed by atoms with Crippen LogP contribution in [0.5, 0.6) is 5.75 Å². The van der Waals surface area contributed by atoms with Crippen LogP contribution in [0.2, 0.25) is 0 Å². The first-order chi connectivity index (χ1) is 9.62. The number of ether oxygens (including phenoxy) is 2. The van der Waals surface area contributed by atoms with Crippen molar-refractivity contribution >= 4 is 10.1 Å². The molecule has 1 aromatic carbocycles. The highest BCUT2D eigenvalue weighted by atomic mass is 32.2. The number of hydrogen-bond acceptors (Lipinski definition) is 5. The Bertz CT molecular complexity index is 566. The van der Waals surface area contributed by atoms with Crippen LogP contribution in [0.3, 0.4) is 0 Å². The lowest BCUT2D eigenvalue weighted by molar-refractivity contribution is 0.103. The molecule has 0 radical (unpaired) electrons. The van der Waals surface area contributed by atoms with Crippen molar-refractivity contribution in [1.82, 2.24) is 0 Å². The Labute approximate surface area is 122 Å². The number of methoxy groups -OCH3 is 2. The number of aryl methyl sites for hydroxylation is 1. The van der Waals surface area contributed by atoms with Crippen LogP contribution in [0.25, 0.3) is 0 Å². The number of hydrogen-bond donors (Lipinski definition) is 0. The number of halogens is 2. The summed E-state index contributed by atoms with van der Waals surface area (Å²) in [4.78, 5) is 0. The van der Waals surface area contributed by atoms with Gasteiger partial charge in [-0.15, -0.1) is 0 Å². The Hall–Kier alpha value is -1.25. The van der Waals surface area contributed by atoms with Gasteiger partial charge >= 0.3 is 15.4 Å². The van der Waals surface area contributed by atoms with Crippen LogP contribution in [0.1, 0.15) is 23.6 Å². The van der Waals surface area contributed by atoms with Gasteiger partial charge in [-0.25, -0.2) is 0 Å². The molecule has 5 nitrogen and oxygen atoms in total. The van der Waals surface area contributed by atoms with Gasteiger partial charge in [0.2, 0.25) is 0 Å². The zero-order chi connectivity index (χ0) is 16.3. The quantitative estimate of drug-likeness (QED) is 0.722. The monoisotopic (exact) mass is 324 g/mol. The average Bonchev–Trinajstić information content (AvgIpc) is 2.32. The molecule has 0 atom stereocenters. The first-order valence-corrected chi connectivity index (χ1v) is 7.45. The third kappa shape index (κ3) is 4.36. The van der Waals surface area contributed by atoms with Gasteiger partial charge in [-0.05, 0) is 19.1 Å². The third-order valence-electron chi connectivity index (χ3n) is 2.62. The maximum absolute atomic E-state index is 13.1. The Morgan fingerprint density at radius 2 is 1.52 bits per heavy atom. The molecule has 0 aromatic heterocycles. The molecule has 1 rings (SSSR count). The normalized spacial score (nSPS) is 12.5. The minimum atomic E-state index is -5.09. The fourth-order valence-electron chi connectivity index (χ4n) is 1.74. The topological polar surface area (TPSA) is 61.8 Å². The smallest absolute Gasteiger partial charge is 0.377 e. The van der Waals surface area contributed by atoms with Crippen molar-refractivity contribution in [3.05, 3.63) is 28.8 Å². The van der Waals surface area contributed by atoms with E-state index in [0.29, 0.717) is 11.1 Å². The molecule has 0 saturated carbocycles. The van der Waals surface area contributed by atoms with Gasteiger partial charge in [0.05, 0.1) is 13.2 Å². The van der Waals surface area contributed by atoms with Crippen LogP contribution in [0.4, 0.5) is 8.78 Å². The molecule has 0 aliphatic rings. The van der Waals surface area contributed by atoms with E-state index in [9.17, 15) is 17.2 Å². The van der Waals surface area contributed by atoms with E-state index >= 15 is 0 Å². The standard InChI is InChI=1S/C13H18F2O5S/c1-9-5-10(7-18-3)12(11(6-9)8-19-4)20-21(16,17)13(2,14)15/h5-6H,7-8H2,1-4H3. The summed E-state index contributed by atoms with van der Waals surface area (Å²) in [5.74, 6) is -0.175. The van der Waals surface area contributed by atoms with E-state index in [-0.39, 0.29) is 25.9 Å². The fourth-order valence-corrected chi connectivity index (χ4v) is 2.32. The Balaban J connectivity index is 3.37. The predicted molar refractivity (Wildman–Crippen MR) is 72.8 cm³/mol. The zero-order valence-corrected chi connectivity index (χ0v) is 13.1. The van der Waals surface area contributed by atoms with Crippen molar-refractivity contribution < 1.29 is 30.9 Å². The summed E-state index contributed by atoms with van der Waals surface area (Å²) < 4.78 is 63.9. The summed E-state index contributed by atoms with van der Waals surface area (Å²) in [6.07, 6.45) is 0. The van der Waals surface area contributed by atoms with E-state index in [4.69, 9.17) is 9.47 Å². The summed E-state index contributed by atoms with van der Waals surface area (Å²) >= 11 is 0. The molecule has 0 spiro atoms. The first-order valence-electron chi connectivity index (χ1n) is 6.04. The summed E-state index contributed by atoms with van der Waals surface area (Å²) in [5, 5.41) is -4.01. The lowest BCUT2D eigenvalue weighted by Gasteiger charge is -2.18. The molecule has 0 aliphatic carbocycles. The molecule has 0 fully saturated rings. The molecule has 120 valence electrons. The molecule has 0 saturated heterocycles. The van der Waals surface area contributed by atoms with E-state index in [1.807, 2.05) is 0 Å². The van der Waals surface area contributed by atoms with E-state index in [1.165, 1.54) is 14.2 Å². The summed E-state index contributed by atoms with van der Waals surface area (Å²) in [6.45, 7) is 2.10. The van der Waals surface area contributed by atoms with Crippen molar-refractivity contribution in [2.45, 2.75) is 32.3 Å². The maximum Gasteiger partial charge on any atom is 0.377 e. The Morgan fingerprint density at radius 1 is 1.10 bits per heavy atom. The molecule has 0 N–H and O–H groups in total. The minimum absolute atomic E-state index is 0.0263. The highest BCUT2D eigenvalue weighted by molar-refractivity contribution is 7.88. The van der Waals surface area contributed by atoms with Crippen molar-refractivity contribution in [3.8, 4) is 5.75 Å². The third-order valence-corrected chi connectivity index (χ3v) is 3.88. The van der Waals surface area contributed by atoms with Crippen molar-refractivity contribution in [2.24, 2.45) is 0 Å². The van der Waals surface area contributed by atoms with Gasteiger partial charge < -0.3 is 13.7 Å². The lowest BCUT2D eigenvalue weighted by atomic mass is 10.1. The summed E-state index contributed by atoms with van der Waals surface area (Å²) in [6, 6.07) is 3.22. The van der Waals surface area contributed by atoms with Crippen LogP contribution in [0, 0.1) is 6.92 Å². The Morgan fingerprint density at radius 3 is 1.86 bits per heavy atom. The Kier molecular flexibility index (Phi) is 5.66. The van der Waals surface area contributed by atoms with Gasteiger partial charge in [0.1, 0.15) is 0 Å². The van der Waals surface area contributed by atoms with Crippen molar-refractivity contribution in [1.29, 1.82) is 0 Å². The van der Waals surface area contributed by atoms with E-state index in [2.05, 4.69) is 4.18 Å². The molecule has 0 bridgehead atoms. The highest BCUT2D eigenvalue weighted by Gasteiger charge is 2.42. The minimum Gasteiger partial charge on any atom is -0.380 e. The number of rotatable bonds is 7. The first kappa shape index (κ1) is 17.8. The highest BCUT2D eigenvalue weighted by Crippen LogP contribution is 2.32. The zero-order valence-electron chi connectivity index (χ0n) is 12.3. The van der Waals surface area contributed by atoms with Crippen molar-refractivity contribution in [2.75, 3.05) is 14.2 Å². The molecule has 1 aromatic rings. The average molecular weight is 324 g/mol. The molecule has 8 heteroatoms. The molecule has 0 amide bonds. The molecule has 0 aliphatic heterocycles. The van der Waals surface area contributed by atoms with Gasteiger partial charge in [0.25, 0.3) is 0 Å². The SMILES string of the molecule is COCc1cc(C)cc(COC)c1OS(=O)(=O)C(C)(F)F. The summed E-state index contributed by atoms with van der Waals surface area (Å²) in [5.41, 5.74) is 1.52. The molecule has 0 unspecified atom stereocenters. The second-order valence-electron chi connectivity index (χ2n) is 4.62. The molecular formula is C13H18F2O5S. The molecular weight excluding hydrogens is 306 g/mol. The van der Waals surface area contributed by atoms with Crippen LogP contribution in [-0.2, 0) is 32.8 Å². The number of alkyl halides is 2. The second-order valence-corrected chi connectivity index (χ2v) is 6.42. The van der Waals surface area contributed by atoms with Crippen LogP contribution in [-0.4, -0.2) is 27.9 Å². The fraction of sp³-hybridized carbons (Fsp3) is 0.538.